The molecule has 3 aliphatic rings. The topological polar surface area (TPSA) is 197 Å². The van der Waals surface area contributed by atoms with Gasteiger partial charge in [0, 0.05) is 19.6 Å². The molecular formula is C12H21N5O9S3. The molecule has 3 fully saturated rings. The Morgan fingerprint density at radius 3 is 2.34 bits per heavy atom. The van der Waals surface area contributed by atoms with Crippen LogP contribution in [0.25, 0.3) is 0 Å². The van der Waals surface area contributed by atoms with E-state index in [1.165, 1.54) is 0 Å². The van der Waals surface area contributed by atoms with Crippen molar-refractivity contribution >= 4 is 42.3 Å². The monoisotopic (exact) mass is 475 g/mol. The number of amides is 2. The maximum absolute atomic E-state index is 12.6. The van der Waals surface area contributed by atoms with Crippen molar-refractivity contribution in [3.63, 3.8) is 0 Å². The first-order valence-corrected chi connectivity index (χ1v) is 13.2. The third-order valence-corrected chi connectivity index (χ3v) is 8.38. The van der Waals surface area contributed by atoms with Crippen molar-refractivity contribution in [2.24, 2.45) is 10.1 Å². The van der Waals surface area contributed by atoms with Gasteiger partial charge in [-0.05, 0) is 19.3 Å². The van der Waals surface area contributed by atoms with Gasteiger partial charge in [0.15, 0.2) is 0 Å². The summed E-state index contributed by atoms with van der Waals surface area (Å²) in [6.07, 6.45) is 1.49. The molecule has 0 aliphatic carbocycles. The van der Waals surface area contributed by atoms with E-state index in [2.05, 4.69) is 8.68 Å². The fraction of sp³-hybridized carbons (Fsp3) is 0.833. The standard InChI is InChI=1S/C12H21N5O9S3/c1-27(19,20)15-5-4-9(7-15)28(21,22)14-11(13)10-3-2-8-6-16(10)12(18)17(8)26-29(23,24)25/h8-10H,2-7H2,1H3,(H2,13,14)(H,23,24,25). The summed E-state index contributed by atoms with van der Waals surface area (Å²) in [5.74, 6) is -0.358. The van der Waals surface area contributed by atoms with Crippen LogP contribution < -0.4 is 5.73 Å². The van der Waals surface area contributed by atoms with E-state index in [1.54, 1.807) is 0 Å². The second kappa shape index (κ2) is 7.31. The van der Waals surface area contributed by atoms with Crippen LogP contribution in [0.5, 0.6) is 0 Å². The van der Waals surface area contributed by atoms with Gasteiger partial charge in [0.25, 0.3) is 10.0 Å². The molecule has 3 heterocycles. The lowest BCUT2D eigenvalue weighted by Crippen LogP contribution is -2.48. The molecule has 2 amide bonds. The molecule has 3 unspecified atom stereocenters. The van der Waals surface area contributed by atoms with Crippen LogP contribution in [0.3, 0.4) is 0 Å². The zero-order valence-corrected chi connectivity index (χ0v) is 17.7. The molecule has 0 saturated carbocycles. The number of amidine groups is 1. The summed E-state index contributed by atoms with van der Waals surface area (Å²) in [7, 11) is -12.6. The number of nitrogens with two attached hydrogens (primary N) is 1. The van der Waals surface area contributed by atoms with Crippen molar-refractivity contribution in [3.8, 4) is 0 Å². The summed E-state index contributed by atoms with van der Waals surface area (Å²) in [6.45, 7) is -0.167. The minimum Gasteiger partial charge on any atom is -0.385 e. The summed E-state index contributed by atoms with van der Waals surface area (Å²) in [5, 5.41) is -0.543. The minimum atomic E-state index is -4.91. The van der Waals surface area contributed by atoms with Gasteiger partial charge in [0.1, 0.15) is 5.84 Å². The van der Waals surface area contributed by atoms with Crippen LogP contribution in [0.4, 0.5) is 4.79 Å². The second-order valence-corrected chi connectivity index (χ2v) is 11.9. The Balaban J connectivity index is 1.76. The van der Waals surface area contributed by atoms with Crippen molar-refractivity contribution in [2.75, 3.05) is 25.9 Å². The number of hydrogen-bond acceptors (Lipinski definition) is 8. The van der Waals surface area contributed by atoms with Gasteiger partial charge in [-0.1, -0.05) is 0 Å². The number of carbonyl (C=O) groups excluding carboxylic acids is 1. The van der Waals surface area contributed by atoms with Crippen LogP contribution >= 0.6 is 0 Å². The number of nitrogens with zero attached hydrogens (tertiary/aromatic N) is 4. The van der Waals surface area contributed by atoms with Crippen LogP contribution in [-0.2, 0) is 34.7 Å². The maximum Gasteiger partial charge on any atom is 0.418 e. The first-order chi connectivity index (χ1) is 13.2. The van der Waals surface area contributed by atoms with E-state index in [1.807, 2.05) is 0 Å². The van der Waals surface area contributed by atoms with E-state index in [0.29, 0.717) is 5.06 Å². The minimum absolute atomic E-state index is 0.0145. The third kappa shape index (κ3) is 4.64. The van der Waals surface area contributed by atoms with Gasteiger partial charge in [-0.15, -0.1) is 8.68 Å². The smallest absolute Gasteiger partial charge is 0.385 e. The molecule has 2 bridgehead atoms. The van der Waals surface area contributed by atoms with Crippen molar-refractivity contribution in [1.82, 2.24) is 14.3 Å². The predicted octanol–water partition coefficient (Wildman–Crippen LogP) is -2.29. The number of hydroxylamine groups is 2. The Kier molecular flexibility index (Phi) is 5.59. The summed E-state index contributed by atoms with van der Waals surface area (Å²) < 4.78 is 87.8. The van der Waals surface area contributed by atoms with Crippen LogP contribution in [-0.4, -0.2) is 99.2 Å². The van der Waals surface area contributed by atoms with E-state index in [-0.39, 0.29) is 44.7 Å². The van der Waals surface area contributed by atoms with Gasteiger partial charge in [-0.3, -0.25) is 4.55 Å². The molecule has 166 valence electrons. The third-order valence-electron chi connectivity index (χ3n) is 5.07. The highest BCUT2D eigenvalue weighted by molar-refractivity contribution is 7.91. The van der Waals surface area contributed by atoms with Crippen LogP contribution in [0.2, 0.25) is 0 Å². The molecule has 3 N–H and O–H groups in total. The zero-order valence-electron chi connectivity index (χ0n) is 15.3. The van der Waals surface area contributed by atoms with E-state index in [4.69, 9.17) is 10.3 Å². The molecule has 3 rings (SSSR count). The van der Waals surface area contributed by atoms with E-state index in [9.17, 15) is 30.0 Å². The zero-order chi connectivity index (χ0) is 21.8. The highest BCUT2D eigenvalue weighted by Gasteiger charge is 2.48. The molecule has 29 heavy (non-hydrogen) atoms. The number of fused-ring (bicyclic) bond motifs is 2. The fourth-order valence-electron chi connectivity index (χ4n) is 3.66. The average Bonchev–Trinajstić information content (AvgIpc) is 3.15. The molecule has 0 spiro atoms. The Bertz CT molecular complexity index is 1040. The largest absolute Gasteiger partial charge is 0.418 e. The number of carbonyl (C=O) groups is 1. The number of hydrogen-bond donors (Lipinski definition) is 2. The molecule has 14 nitrogen and oxygen atoms in total. The van der Waals surface area contributed by atoms with Gasteiger partial charge < -0.3 is 10.6 Å². The van der Waals surface area contributed by atoms with Crippen molar-refractivity contribution in [3.05, 3.63) is 0 Å². The van der Waals surface area contributed by atoms with Crippen molar-refractivity contribution in [1.29, 1.82) is 0 Å². The number of sulfonamides is 2. The SMILES string of the molecule is CS(=O)(=O)N1CCC(S(=O)(=O)N=C(N)C2CCC3CN2C(=O)N3OS(=O)(=O)O)C1. The van der Waals surface area contributed by atoms with Crippen molar-refractivity contribution in [2.45, 2.75) is 36.6 Å². The summed E-state index contributed by atoms with van der Waals surface area (Å²) in [4.78, 5) is 13.5. The van der Waals surface area contributed by atoms with Gasteiger partial charge >= 0.3 is 16.4 Å². The van der Waals surface area contributed by atoms with Crippen LogP contribution in [0.1, 0.15) is 19.3 Å². The normalized spacial score (nSPS) is 29.7. The lowest BCUT2D eigenvalue weighted by atomic mass is 10.0. The molecule has 0 aromatic heterocycles. The Labute approximate surface area is 168 Å². The van der Waals surface area contributed by atoms with Gasteiger partial charge in [-0.25, -0.2) is 25.9 Å². The summed E-state index contributed by atoms with van der Waals surface area (Å²) >= 11 is 0. The molecule has 3 aliphatic heterocycles. The number of urea groups is 1. The molecular weight excluding hydrogens is 454 g/mol. The van der Waals surface area contributed by atoms with E-state index >= 15 is 0 Å². The molecule has 3 saturated heterocycles. The highest BCUT2D eigenvalue weighted by Crippen LogP contribution is 2.31. The second-order valence-electron chi connectivity index (χ2n) is 7.07. The molecule has 0 aromatic carbocycles. The number of rotatable bonds is 6. The van der Waals surface area contributed by atoms with Crippen molar-refractivity contribution < 1.29 is 38.9 Å². The number of piperidine rings is 1. The predicted molar refractivity (Wildman–Crippen MR) is 98.7 cm³/mol. The molecule has 3 atom stereocenters. The van der Waals surface area contributed by atoms with E-state index in [0.717, 1.165) is 15.5 Å². The van der Waals surface area contributed by atoms with E-state index < -0.39 is 53.8 Å². The Morgan fingerprint density at radius 2 is 1.79 bits per heavy atom. The van der Waals surface area contributed by atoms with Crippen LogP contribution in [0.15, 0.2) is 4.40 Å². The molecule has 0 radical (unpaired) electrons. The van der Waals surface area contributed by atoms with Gasteiger partial charge in [0.2, 0.25) is 10.0 Å². The average molecular weight is 476 g/mol. The first kappa shape index (κ1) is 22.2. The molecule has 0 aromatic rings. The lowest BCUT2D eigenvalue weighted by Gasteiger charge is -2.29. The van der Waals surface area contributed by atoms with Crippen LogP contribution in [0, 0.1) is 0 Å². The van der Waals surface area contributed by atoms with Gasteiger partial charge in [0.05, 0.1) is 23.6 Å². The first-order valence-electron chi connectivity index (χ1n) is 8.50. The maximum atomic E-state index is 12.6. The summed E-state index contributed by atoms with van der Waals surface area (Å²) in [6, 6.07) is -2.45. The Hall–Kier alpha value is -1.53. The molecule has 17 heteroatoms. The quantitative estimate of drug-likeness (QED) is 0.239. The lowest BCUT2D eigenvalue weighted by molar-refractivity contribution is -0.0316. The fourth-order valence-corrected chi connectivity index (χ4v) is 6.37. The summed E-state index contributed by atoms with van der Waals surface area (Å²) in [5.41, 5.74) is 5.86. The highest BCUT2D eigenvalue weighted by atomic mass is 32.3. The Morgan fingerprint density at radius 1 is 1.14 bits per heavy atom. The van der Waals surface area contributed by atoms with Gasteiger partial charge in [-0.2, -0.15) is 13.5 Å².